The van der Waals surface area contributed by atoms with Crippen molar-refractivity contribution in [3.05, 3.63) is 23.5 Å². The van der Waals surface area contributed by atoms with Crippen LogP contribution in [0.5, 0.6) is 0 Å². The summed E-state index contributed by atoms with van der Waals surface area (Å²) in [6.45, 7) is 5.17. The van der Waals surface area contributed by atoms with Crippen LogP contribution in [0.2, 0.25) is 0 Å². The minimum absolute atomic E-state index is 0.151. The minimum atomic E-state index is -3.14. The summed E-state index contributed by atoms with van der Waals surface area (Å²) in [5.74, 6) is 0.151. The van der Waals surface area contributed by atoms with E-state index >= 15 is 0 Å². The van der Waals surface area contributed by atoms with E-state index in [1.807, 2.05) is 26.0 Å². The number of hydrogen-bond donors (Lipinski definition) is 2. The highest BCUT2D eigenvalue weighted by Crippen LogP contribution is 2.18. The molecule has 22 heavy (non-hydrogen) atoms. The van der Waals surface area contributed by atoms with Gasteiger partial charge in [0.2, 0.25) is 10.0 Å². The molecule has 1 aliphatic rings. The van der Waals surface area contributed by atoms with E-state index in [9.17, 15) is 13.2 Å². The number of rotatable bonds is 4. The Bertz CT molecular complexity index is 660. The standard InChI is InChI=1S/C14H22N4O3S/c1-10-4-5-13(11(2)16-10)17-14(19)15-8-12-6-7-18(9-12)22(3,20)21/h4-5,12H,6-9H2,1-3H3,(H2,15,17,19). The first kappa shape index (κ1) is 16.7. The number of aromatic nitrogens is 1. The lowest BCUT2D eigenvalue weighted by molar-refractivity contribution is 0.250. The van der Waals surface area contributed by atoms with Crippen LogP contribution in [0.25, 0.3) is 0 Å². The van der Waals surface area contributed by atoms with Crippen LogP contribution in [0, 0.1) is 19.8 Å². The fourth-order valence-corrected chi connectivity index (χ4v) is 3.41. The summed E-state index contributed by atoms with van der Waals surface area (Å²) in [5, 5.41) is 5.55. The van der Waals surface area contributed by atoms with Crippen molar-refractivity contribution in [2.45, 2.75) is 20.3 Å². The lowest BCUT2D eigenvalue weighted by atomic mass is 10.1. The number of carbonyl (C=O) groups is 1. The molecule has 1 unspecified atom stereocenters. The fraction of sp³-hybridized carbons (Fsp3) is 0.571. The predicted molar refractivity (Wildman–Crippen MR) is 85.3 cm³/mol. The first-order valence-corrected chi connectivity index (χ1v) is 9.05. The third-order valence-corrected chi connectivity index (χ3v) is 5.01. The molecule has 1 fully saturated rings. The van der Waals surface area contributed by atoms with Gasteiger partial charge in [-0.25, -0.2) is 17.5 Å². The average Bonchev–Trinajstić information content (AvgIpc) is 2.88. The normalized spacial score (nSPS) is 19.1. The van der Waals surface area contributed by atoms with Crippen molar-refractivity contribution >= 4 is 21.7 Å². The quantitative estimate of drug-likeness (QED) is 0.867. The monoisotopic (exact) mass is 326 g/mol. The third kappa shape index (κ3) is 4.41. The summed E-state index contributed by atoms with van der Waals surface area (Å²) in [5.41, 5.74) is 2.34. The second kappa shape index (κ2) is 6.62. The van der Waals surface area contributed by atoms with E-state index in [1.165, 1.54) is 10.6 Å². The lowest BCUT2D eigenvalue weighted by Crippen LogP contribution is -2.35. The number of nitrogens with one attached hydrogen (secondary N) is 2. The van der Waals surface area contributed by atoms with Crippen LogP contribution < -0.4 is 10.6 Å². The van der Waals surface area contributed by atoms with Crippen LogP contribution in [0.3, 0.4) is 0 Å². The molecule has 2 N–H and O–H groups in total. The van der Waals surface area contributed by atoms with Gasteiger partial charge in [-0.1, -0.05) is 0 Å². The minimum Gasteiger partial charge on any atom is -0.338 e. The van der Waals surface area contributed by atoms with Crippen molar-refractivity contribution in [2.24, 2.45) is 5.92 Å². The van der Waals surface area contributed by atoms with Crippen molar-refractivity contribution in [3.63, 3.8) is 0 Å². The third-order valence-electron chi connectivity index (χ3n) is 3.74. The fourth-order valence-electron chi connectivity index (χ4n) is 2.49. The summed E-state index contributed by atoms with van der Waals surface area (Å²) in [6, 6.07) is 3.36. The molecule has 7 nitrogen and oxygen atoms in total. The number of carbonyl (C=O) groups excluding carboxylic acids is 1. The Balaban J connectivity index is 1.81. The maximum absolute atomic E-state index is 11.9. The van der Waals surface area contributed by atoms with Crippen molar-refractivity contribution in [1.29, 1.82) is 0 Å². The van der Waals surface area contributed by atoms with Crippen LogP contribution in [0.15, 0.2) is 12.1 Å². The van der Waals surface area contributed by atoms with Gasteiger partial charge in [-0.05, 0) is 38.3 Å². The average molecular weight is 326 g/mol. The summed E-state index contributed by atoms with van der Waals surface area (Å²) in [7, 11) is -3.14. The van der Waals surface area contributed by atoms with E-state index in [0.717, 1.165) is 17.8 Å². The zero-order chi connectivity index (χ0) is 16.3. The molecule has 8 heteroatoms. The molecule has 1 atom stereocenters. The Labute approximate surface area is 131 Å². The molecule has 0 aliphatic carbocycles. The molecule has 1 saturated heterocycles. The molecule has 0 bridgehead atoms. The Kier molecular flexibility index (Phi) is 5.02. The molecule has 0 saturated carbocycles. The van der Waals surface area contributed by atoms with Crippen molar-refractivity contribution in [2.75, 3.05) is 31.2 Å². The van der Waals surface area contributed by atoms with Crippen LogP contribution in [-0.4, -0.2) is 49.6 Å². The van der Waals surface area contributed by atoms with Gasteiger partial charge >= 0.3 is 6.03 Å². The predicted octanol–water partition coefficient (Wildman–Crippen LogP) is 1.10. The molecule has 1 aromatic rings. The van der Waals surface area contributed by atoms with Crippen LogP contribution >= 0.6 is 0 Å². The van der Waals surface area contributed by atoms with E-state index in [0.29, 0.717) is 25.3 Å². The van der Waals surface area contributed by atoms with E-state index in [2.05, 4.69) is 15.6 Å². The number of anilines is 1. The highest BCUT2D eigenvalue weighted by molar-refractivity contribution is 7.88. The number of aryl methyl sites for hydroxylation is 2. The molecule has 2 rings (SSSR count). The summed E-state index contributed by atoms with van der Waals surface area (Å²) < 4.78 is 24.3. The molecular weight excluding hydrogens is 304 g/mol. The van der Waals surface area contributed by atoms with E-state index in [-0.39, 0.29) is 11.9 Å². The van der Waals surface area contributed by atoms with Gasteiger partial charge in [-0.3, -0.25) is 4.98 Å². The summed E-state index contributed by atoms with van der Waals surface area (Å²) in [6.07, 6.45) is 1.97. The van der Waals surface area contributed by atoms with Crippen LogP contribution in [0.1, 0.15) is 17.8 Å². The molecule has 122 valence electrons. The number of amides is 2. The van der Waals surface area contributed by atoms with Gasteiger partial charge in [0.15, 0.2) is 0 Å². The van der Waals surface area contributed by atoms with Crippen molar-refractivity contribution in [1.82, 2.24) is 14.6 Å². The second-order valence-corrected chi connectivity index (χ2v) is 7.68. The zero-order valence-corrected chi connectivity index (χ0v) is 13.9. The summed E-state index contributed by atoms with van der Waals surface area (Å²) in [4.78, 5) is 16.2. The maximum atomic E-state index is 11.9. The Hall–Kier alpha value is -1.67. The Morgan fingerprint density at radius 1 is 1.41 bits per heavy atom. The second-order valence-electron chi connectivity index (χ2n) is 5.70. The number of urea groups is 1. The van der Waals surface area contributed by atoms with Crippen LogP contribution in [-0.2, 0) is 10.0 Å². The van der Waals surface area contributed by atoms with Gasteiger partial charge in [0.25, 0.3) is 0 Å². The number of hydrogen-bond acceptors (Lipinski definition) is 4. The molecule has 0 radical (unpaired) electrons. The molecule has 0 spiro atoms. The highest BCUT2D eigenvalue weighted by Gasteiger charge is 2.28. The van der Waals surface area contributed by atoms with Crippen molar-refractivity contribution < 1.29 is 13.2 Å². The Morgan fingerprint density at radius 2 is 2.14 bits per heavy atom. The van der Waals surface area contributed by atoms with Gasteiger partial charge in [-0.2, -0.15) is 0 Å². The van der Waals surface area contributed by atoms with E-state index < -0.39 is 10.0 Å². The molecule has 2 heterocycles. The molecule has 0 aromatic carbocycles. The van der Waals surface area contributed by atoms with Crippen LogP contribution in [0.4, 0.5) is 10.5 Å². The first-order chi connectivity index (χ1) is 10.3. The number of pyridine rings is 1. The van der Waals surface area contributed by atoms with Gasteiger partial charge in [-0.15, -0.1) is 0 Å². The smallest absolute Gasteiger partial charge is 0.319 e. The van der Waals surface area contributed by atoms with Gasteiger partial charge in [0.05, 0.1) is 17.6 Å². The highest BCUT2D eigenvalue weighted by atomic mass is 32.2. The largest absolute Gasteiger partial charge is 0.338 e. The SMILES string of the molecule is Cc1ccc(NC(=O)NCC2CCN(S(C)(=O)=O)C2)c(C)n1. The van der Waals surface area contributed by atoms with E-state index in [4.69, 9.17) is 0 Å². The molecule has 1 aromatic heterocycles. The molecular formula is C14H22N4O3S. The van der Waals surface area contributed by atoms with E-state index in [1.54, 1.807) is 0 Å². The van der Waals surface area contributed by atoms with Gasteiger partial charge in [0.1, 0.15) is 0 Å². The van der Waals surface area contributed by atoms with Crippen molar-refractivity contribution in [3.8, 4) is 0 Å². The summed E-state index contributed by atoms with van der Waals surface area (Å²) >= 11 is 0. The zero-order valence-electron chi connectivity index (χ0n) is 13.1. The topological polar surface area (TPSA) is 91.4 Å². The Morgan fingerprint density at radius 3 is 2.73 bits per heavy atom. The molecule has 2 amide bonds. The van der Waals surface area contributed by atoms with Gasteiger partial charge in [0, 0.05) is 25.3 Å². The van der Waals surface area contributed by atoms with Gasteiger partial charge < -0.3 is 10.6 Å². The first-order valence-electron chi connectivity index (χ1n) is 7.20. The number of nitrogens with zero attached hydrogens (tertiary/aromatic N) is 2. The lowest BCUT2D eigenvalue weighted by Gasteiger charge is -2.14. The maximum Gasteiger partial charge on any atom is 0.319 e. The molecule has 1 aliphatic heterocycles. The number of sulfonamides is 1.